The maximum absolute atomic E-state index is 12.5. The lowest BCUT2D eigenvalue weighted by Crippen LogP contribution is -2.00. The Morgan fingerprint density at radius 2 is 1.85 bits per heavy atom. The van der Waals surface area contributed by atoms with Crippen LogP contribution in [-0.2, 0) is 0 Å². The predicted octanol–water partition coefficient (Wildman–Crippen LogP) is 4.90. The average molecular weight is 347 g/mol. The molecule has 0 spiro atoms. The van der Waals surface area contributed by atoms with Gasteiger partial charge in [-0.15, -0.1) is 11.3 Å². The predicted molar refractivity (Wildman–Crippen MR) is 86.0 cm³/mol. The highest BCUT2D eigenvalue weighted by molar-refractivity contribution is 9.10. The van der Waals surface area contributed by atoms with Crippen molar-refractivity contribution in [1.29, 1.82) is 0 Å². The molecule has 3 rings (SSSR count). The summed E-state index contributed by atoms with van der Waals surface area (Å²) in [6.45, 7) is 0. The number of hydrogen-bond acceptors (Lipinski definition) is 3. The van der Waals surface area contributed by atoms with Crippen molar-refractivity contribution in [2.45, 2.75) is 0 Å². The number of benzene rings is 2. The highest BCUT2D eigenvalue weighted by Gasteiger charge is 2.16. The summed E-state index contributed by atoms with van der Waals surface area (Å²) in [4.78, 5) is 13.2. The Balaban J connectivity index is 2.06. The molecule has 20 heavy (non-hydrogen) atoms. The van der Waals surface area contributed by atoms with Gasteiger partial charge < -0.3 is 4.74 Å². The van der Waals surface area contributed by atoms with E-state index in [2.05, 4.69) is 15.9 Å². The number of fused-ring (bicyclic) bond motifs is 1. The molecule has 2 aromatic carbocycles. The molecule has 0 saturated heterocycles. The van der Waals surface area contributed by atoms with Crippen molar-refractivity contribution in [3.63, 3.8) is 0 Å². The number of rotatable bonds is 3. The van der Waals surface area contributed by atoms with Crippen LogP contribution in [0.4, 0.5) is 0 Å². The molecule has 0 aliphatic carbocycles. The number of halogens is 1. The lowest BCUT2D eigenvalue weighted by Gasteiger charge is -2.04. The summed E-state index contributed by atoms with van der Waals surface area (Å²) in [5.74, 6) is 0.637. The number of methoxy groups -OCH3 is 1. The number of ketones is 1. The van der Waals surface area contributed by atoms with Crippen LogP contribution in [-0.4, -0.2) is 12.9 Å². The summed E-state index contributed by atoms with van der Waals surface area (Å²) in [5.41, 5.74) is 0.681. The molecule has 0 fully saturated rings. The quantitative estimate of drug-likeness (QED) is 0.630. The van der Waals surface area contributed by atoms with E-state index < -0.39 is 0 Å². The van der Waals surface area contributed by atoms with Gasteiger partial charge in [0.05, 0.1) is 7.11 Å². The van der Waals surface area contributed by atoms with E-state index in [9.17, 15) is 4.79 Å². The first-order valence-corrected chi connectivity index (χ1v) is 7.72. The first-order chi connectivity index (χ1) is 9.69. The molecule has 0 amide bonds. The lowest BCUT2D eigenvalue weighted by atomic mass is 10.0. The van der Waals surface area contributed by atoms with E-state index >= 15 is 0 Å². The van der Waals surface area contributed by atoms with Crippen molar-refractivity contribution >= 4 is 43.8 Å². The van der Waals surface area contributed by atoms with Crippen LogP contribution < -0.4 is 4.74 Å². The minimum Gasteiger partial charge on any atom is -0.495 e. The Morgan fingerprint density at radius 3 is 2.65 bits per heavy atom. The molecule has 0 bridgehead atoms. The fourth-order valence-corrected chi connectivity index (χ4v) is 3.31. The van der Waals surface area contributed by atoms with Crippen molar-refractivity contribution in [3.05, 3.63) is 62.8 Å². The summed E-state index contributed by atoms with van der Waals surface area (Å²) in [5, 5.41) is 4.02. The van der Waals surface area contributed by atoms with Crippen LogP contribution in [0, 0.1) is 0 Å². The highest BCUT2D eigenvalue weighted by Crippen LogP contribution is 2.28. The molecule has 0 unspecified atom stereocenters. The first-order valence-electron chi connectivity index (χ1n) is 6.04. The zero-order valence-electron chi connectivity index (χ0n) is 10.7. The molecule has 0 N–H and O–H groups in total. The smallest absolute Gasteiger partial charge is 0.206 e. The topological polar surface area (TPSA) is 26.3 Å². The summed E-state index contributed by atoms with van der Waals surface area (Å²) >= 11 is 4.85. The Kier molecular flexibility index (Phi) is 3.59. The van der Waals surface area contributed by atoms with Gasteiger partial charge in [0, 0.05) is 10.0 Å². The Bertz CT molecular complexity index is 792. The zero-order valence-corrected chi connectivity index (χ0v) is 13.1. The van der Waals surface area contributed by atoms with Gasteiger partial charge in [-0.1, -0.05) is 34.1 Å². The van der Waals surface area contributed by atoms with Crippen molar-refractivity contribution < 1.29 is 9.53 Å². The summed E-state index contributed by atoms with van der Waals surface area (Å²) in [6.07, 6.45) is 0. The normalized spacial score (nSPS) is 10.7. The van der Waals surface area contributed by atoms with Crippen LogP contribution >= 0.6 is 27.3 Å². The molecule has 0 aliphatic heterocycles. The molecule has 1 aromatic heterocycles. The lowest BCUT2D eigenvalue weighted by molar-refractivity contribution is 0.104. The van der Waals surface area contributed by atoms with Crippen LogP contribution in [0.5, 0.6) is 5.75 Å². The van der Waals surface area contributed by atoms with Gasteiger partial charge in [-0.2, -0.15) is 0 Å². The number of thiophene rings is 1. The van der Waals surface area contributed by atoms with Crippen LogP contribution in [0.3, 0.4) is 0 Å². The van der Waals surface area contributed by atoms with Crippen LogP contribution in [0.1, 0.15) is 15.2 Å². The van der Waals surface area contributed by atoms with Gasteiger partial charge in [-0.25, -0.2) is 0 Å². The Labute approximate surface area is 129 Å². The van der Waals surface area contributed by atoms with Crippen LogP contribution in [0.25, 0.3) is 10.8 Å². The van der Waals surface area contributed by atoms with E-state index in [1.54, 1.807) is 7.11 Å². The highest BCUT2D eigenvalue weighted by atomic mass is 79.9. The third-order valence-corrected chi connectivity index (χ3v) is 4.51. The summed E-state index contributed by atoms with van der Waals surface area (Å²) < 4.78 is 6.25. The van der Waals surface area contributed by atoms with Gasteiger partial charge in [-0.05, 0) is 40.4 Å². The Hall–Kier alpha value is -1.65. The SMILES string of the molecule is COc1ccsc1C(=O)c1ccc2cc(Br)ccc2c1. The summed E-state index contributed by atoms with van der Waals surface area (Å²) in [6, 6.07) is 13.6. The molecule has 4 heteroatoms. The first kappa shape index (κ1) is 13.3. The van der Waals surface area contributed by atoms with Crippen molar-refractivity contribution in [3.8, 4) is 5.75 Å². The number of carbonyl (C=O) groups excluding carboxylic acids is 1. The number of carbonyl (C=O) groups is 1. The Morgan fingerprint density at radius 1 is 1.10 bits per heavy atom. The van der Waals surface area contributed by atoms with E-state index in [-0.39, 0.29) is 5.78 Å². The van der Waals surface area contributed by atoms with Gasteiger partial charge in [-0.3, -0.25) is 4.79 Å². The van der Waals surface area contributed by atoms with Gasteiger partial charge in [0.15, 0.2) is 0 Å². The van der Waals surface area contributed by atoms with Gasteiger partial charge in [0.25, 0.3) is 0 Å². The molecule has 0 saturated carbocycles. The maximum Gasteiger partial charge on any atom is 0.206 e. The second-order valence-electron chi connectivity index (χ2n) is 4.35. The maximum atomic E-state index is 12.5. The number of hydrogen-bond donors (Lipinski definition) is 0. The third-order valence-electron chi connectivity index (χ3n) is 3.12. The standard InChI is InChI=1S/C16H11BrO2S/c1-19-14-6-7-20-16(14)15(18)12-3-2-11-9-13(17)5-4-10(11)8-12/h2-9H,1H3. The van der Waals surface area contributed by atoms with E-state index in [0.29, 0.717) is 16.2 Å². The molecule has 0 atom stereocenters. The molecular weight excluding hydrogens is 336 g/mol. The molecule has 0 aliphatic rings. The fourth-order valence-electron chi connectivity index (χ4n) is 2.11. The molecule has 2 nitrogen and oxygen atoms in total. The second kappa shape index (κ2) is 5.38. The van der Waals surface area contributed by atoms with Crippen molar-refractivity contribution in [2.75, 3.05) is 7.11 Å². The molecular formula is C16H11BrO2S. The zero-order chi connectivity index (χ0) is 14.1. The van der Waals surface area contributed by atoms with E-state index in [0.717, 1.165) is 15.2 Å². The molecule has 3 aromatic rings. The average Bonchev–Trinajstić information content (AvgIpc) is 2.94. The summed E-state index contributed by atoms with van der Waals surface area (Å²) in [7, 11) is 1.58. The minimum atomic E-state index is 0.00155. The van der Waals surface area contributed by atoms with Crippen molar-refractivity contribution in [2.24, 2.45) is 0 Å². The van der Waals surface area contributed by atoms with E-state index in [4.69, 9.17) is 4.74 Å². The molecule has 100 valence electrons. The minimum absolute atomic E-state index is 0.00155. The number of ether oxygens (including phenoxy) is 1. The molecule has 1 heterocycles. The fraction of sp³-hybridized carbons (Fsp3) is 0.0625. The van der Waals surface area contributed by atoms with Crippen LogP contribution in [0.2, 0.25) is 0 Å². The van der Waals surface area contributed by atoms with Crippen LogP contribution in [0.15, 0.2) is 52.3 Å². The van der Waals surface area contributed by atoms with E-state index in [1.807, 2.05) is 47.8 Å². The third kappa shape index (κ3) is 2.37. The largest absolute Gasteiger partial charge is 0.495 e. The van der Waals surface area contributed by atoms with Gasteiger partial charge in [0.1, 0.15) is 10.6 Å². The monoisotopic (exact) mass is 346 g/mol. The van der Waals surface area contributed by atoms with E-state index in [1.165, 1.54) is 11.3 Å². The van der Waals surface area contributed by atoms with Crippen molar-refractivity contribution in [1.82, 2.24) is 0 Å². The second-order valence-corrected chi connectivity index (χ2v) is 6.19. The van der Waals surface area contributed by atoms with Gasteiger partial charge in [0.2, 0.25) is 5.78 Å². The van der Waals surface area contributed by atoms with Gasteiger partial charge >= 0.3 is 0 Å². The molecule has 0 radical (unpaired) electrons.